The molecular weight excluding hydrogens is 334 g/mol. The Bertz CT molecular complexity index is 655. The summed E-state index contributed by atoms with van der Waals surface area (Å²) < 4.78 is 6.29. The summed E-state index contributed by atoms with van der Waals surface area (Å²) in [6.07, 6.45) is 13.3. The zero-order valence-electron chi connectivity index (χ0n) is 16.5. The molecule has 4 aliphatic rings. The van der Waals surface area contributed by atoms with Crippen molar-refractivity contribution in [1.82, 2.24) is 9.91 Å². The molecule has 1 aromatic rings. The van der Waals surface area contributed by atoms with E-state index in [0.717, 1.165) is 24.8 Å². The van der Waals surface area contributed by atoms with E-state index in [9.17, 15) is 0 Å². The molecule has 5 rings (SSSR count). The predicted octanol–water partition coefficient (Wildman–Crippen LogP) is 4.43. The summed E-state index contributed by atoms with van der Waals surface area (Å²) in [6, 6.07) is 10.3. The summed E-state index contributed by atoms with van der Waals surface area (Å²) in [5.41, 5.74) is 2.53. The van der Waals surface area contributed by atoms with Crippen LogP contribution in [0.4, 0.5) is 0 Å². The summed E-state index contributed by atoms with van der Waals surface area (Å²) in [7, 11) is 0. The van der Waals surface area contributed by atoms with Gasteiger partial charge >= 0.3 is 0 Å². The highest BCUT2D eigenvalue weighted by molar-refractivity contribution is 6.00. The van der Waals surface area contributed by atoms with Crippen LogP contribution in [0.2, 0.25) is 0 Å². The number of hydrogen-bond donors (Lipinski definition) is 0. The fraction of sp³-hybridized carbons (Fsp3) is 0.696. The highest BCUT2D eigenvalue weighted by atomic mass is 16.5. The third-order valence-electron chi connectivity index (χ3n) is 7.10. The maximum Gasteiger partial charge on any atom is 0.119 e. The van der Waals surface area contributed by atoms with Crippen LogP contribution < -0.4 is 4.74 Å². The molecule has 0 spiro atoms. The topological polar surface area (TPSA) is 28.1 Å². The van der Waals surface area contributed by atoms with E-state index in [-0.39, 0.29) is 0 Å². The van der Waals surface area contributed by atoms with E-state index in [4.69, 9.17) is 9.84 Å². The average Bonchev–Trinajstić information content (AvgIpc) is 2.61. The van der Waals surface area contributed by atoms with Crippen LogP contribution in [0.15, 0.2) is 29.4 Å². The highest BCUT2D eigenvalue weighted by Crippen LogP contribution is 2.30. The van der Waals surface area contributed by atoms with Gasteiger partial charge < -0.3 is 9.64 Å². The first-order valence-corrected chi connectivity index (χ1v) is 11.2. The number of piperidine rings is 1. The van der Waals surface area contributed by atoms with Gasteiger partial charge in [0, 0.05) is 31.7 Å². The van der Waals surface area contributed by atoms with Crippen molar-refractivity contribution in [1.29, 1.82) is 0 Å². The zero-order chi connectivity index (χ0) is 18.1. The normalized spacial score (nSPS) is 25.6. The lowest BCUT2D eigenvalue weighted by molar-refractivity contribution is 0.0493. The summed E-state index contributed by atoms with van der Waals surface area (Å²) in [4.78, 5) is 2.68. The molecule has 1 aromatic carbocycles. The number of benzene rings is 1. The Balaban J connectivity index is 1.16. The first kappa shape index (κ1) is 17.5. The van der Waals surface area contributed by atoms with E-state index >= 15 is 0 Å². The van der Waals surface area contributed by atoms with Crippen LogP contribution in [0.25, 0.3) is 0 Å². The Labute approximate surface area is 163 Å². The smallest absolute Gasteiger partial charge is 0.119 e. The van der Waals surface area contributed by atoms with Crippen LogP contribution in [0, 0.1) is 0 Å². The lowest BCUT2D eigenvalue weighted by Gasteiger charge is -2.41. The van der Waals surface area contributed by atoms with Crippen molar-refractivity contribution in [2.45, 2.75) is 82.4 Å². The minimum Gasteiger partial charge on any atom is -0.490 e. The molecule has 2 saturated carbocycles. The van der Waals surface area contributed by atoms with Crippen LogP contribution >= 0.6 is 0 Å². The van der Waals surface area contributed by atoms with Gasteiger partial charge in [0.2, 0.25) is 0 Å². The van der Waals surface area contributed by atoms with Crippen molar-refractivity contribution in [3.05, 3.63) is 29.8 Å². The molecule has 0 atom stereocenters. The van der Waals surface area contributed by atoms with Crippen molar-refractivity contribution >= 4 is 5.71 Å². The molecule has 0 amide bonds. The van der Waals surface area contributed by atoms with Crippen molar-refractivity contribution in [2.24, 2.45) is 5.10 Å². The Morgan fingerprint density at radius 3 is 2.11 bits per heavy atom. The van der Waals surface area contributed by atoms with Crippen LogP contribution in [0.3, 0.4) is 0 Å². The van der Waals surface area contributed by atoms with E-state index in [1.807, 2.05) is 0 Å². The Morgan fingerprint density at radius 1 is 0.778 bits per heavy atom. The van der Waals surface area contributed by atoms with E-state index < -0.39 is 0 Å². The van der Waals surface area contributed by atoms with Crippen LogP contribution in [-0.2, 0) is 0 Å². The molecule has 2 aliphatic carbocycles. The second-order valence-corrected chi connectivity index (χ2v) is 8.86. The minimum absolute atomic E-state index is 0.383. The molecule has 3 fully saturated rings. The molecule has 0 aromatic heterocycles. The molecule has 27 heavy (non-hydrogen) atoms. The van der Waals surface area contributed by atoms with Gasteiger partial charge in [0.15, 0.2) is 0 Å². The van der Waals surface area contributed by atoms with Crippen LogP contribution in [0.1, 0.15) is 69.8 Å². The second kappa shape index (κ2) is 7.83. The third kappa shape index (κ3) is 3.87. The number of ether oxygens (including phenoxy) is 1. The van der Waals surface area contributed by atoms with Gasteiger partial charge in [-0.25, -0.2) is 0 Å². The quantitative estimate of drug-likeness (QED) is 0.770. The molecule has 146 valence electrons. The highest BCUT2D eigenvalue weighted by Gasteiger charge is 2.29. The van der Waals surface area contributed by atoms with Crippen molar-refractivity contribution < 1.29 is 4.74 Å². The van der Waals surface area contributed by atoms with Crippen LogP contribution in [0.5, 0.6) is 5.75 Å². The van der Waals surface area contributed by atoms with E-state index in [0.29, 0.717) is 12.1 Å². The maximum atomic E-state index is 6.29. The zero-order valence-corrected chi connectivity index (χ0v) is 16.5. The standard InChI is InChI=1S/C23H33N3O/c1-4-19(5-1)25-16-13-22(14-17-25)27-21-11-9-18(10-12-21)23-8-3-15-26(24-23)20-6-2-7-20/h9-12,19-20,22H,1-8,13-17H2. The van der Waals surface area contributed by atoms with Crippen LogP contribution in [-0.4, -0.2) is 53.4 Å². The van der Waals surface area contributed by atoms with Gasteiger partial charge in [0.25, 0.3) is 0 Å². The Hall–Kier alpha value is -1.55. The Morgan fingerprint density at radius 2 is 1.48 bits per heavy atom. The molecular formula is C23H33N3O. The lowest BCUT2D eigenvalue weighted by Crippen LogP contribution is -2.46. The molecule has 0 bridgehead atoms. The Kier molecular flexibility index (Phi) is 5.08. The second-order valence-electron chi connectivity index (χ2n) is 8.86. The van der Waals surface area contributed by atoms with E-state index in [1.54, 1.807) is 0 Å². The van der Waals surface area contributed by atoms with E-state index in [1.165, 1.54) is 82.2 Å². The molecule has 4 heteroatoms. The molecule has 0 radical (unpaired) electrons. The predicted molar refractivity (Wildman–Crippen MR) is 109 cm³/mol. The van der Waals surface area contributed by atoms with Gasteiger partial charge in [-0.3, -0.25) is 5.01 Å². The van der Waals surface area contributed by atoms with Crippen molar-refractivity contribution in [3.8, 4) is 5.75 Å². The minimum atomic E-state index is 0.383. The molecule has 1 saturated heterocycles. The molecule has 0 N–H and O–H groups in total. The van der Waals surface area contributed by atoms with Gasteiger partial charge in [-0.2, -0.15) is 5.10 Å². The number of hydrazone groups is 1. The number of rotatable bonds is 5. The maximum absolute atomic E-state index is 6.29. The monoisotopic (exact) mass is 367 g/mol. The van der Waals surface area contributed by atoms with Gasteiger partial charge in [0.1, 0.15) is 11.9 Å². The van der Waals surface area contributed by atoms with Gasteiger partial charge in [-0.05, 0) is 87.6 Å². The van der Waals surface area contributed by atoms with E-state index in [2.05, 4.69) is 34.2 Å². The largest absolute Gasteiger partial charge is 0.490 e. The summed E-state index contributed by atoms with van der Waals surface area (Å²) in [5, 5.41) is 7.31. The molecule has 2 heterocycles. The number of likely N-dealkylation sites (tertiary alicyclic amines) is 1. The van der Waals surface area contributed by atoms with Gasteiger partial charge in [-0.1, -0.05) is 6.42 Å². The molecule has 2 aliphatic heterocycles. The SMILES string of the molecule is c1cc(C2=NN(C3CCC3)CCC2)ccc1OC1CCN(C2CCC2)CC1. The van der Waals surface area contributed by atoms with Gasteiger partial charge in [0.05, 0.1) is 5.71 Å². The lowest BCUT2D eigenvalue weighted by atomic mass is 9.90. The average molecular weight is 368 g/mol. The molecule has 4 nitrogen and oxygen atoms in total. The fourth-order valence-corrected chi connectivity index (χ4v) is 4.84. The fourth-order valence-electron chi connectivity index (χ4n) is 4.84. The molecule has 0 unspecified atom stereocenters. The first-order valence-electron chi connectivity index (χ1n) is 11.2. The number of nitrogens with zero attached hydrogens (tertiary/aromatic N) is 3. The third-order valence-corrected chi connectivity index (χ3v) is 7.10. The summed E-state index contributed by atoms with van der Waals surface area (Å²) >= 11 is 0. The first-order chi connectivity index (χ1) is 13.3. The number of hydrogen-bond acceptors (Lipinski definition) is 4. The van der Waals surface area contributed by atoms with Gasteiger partial charge in [-0.15, -0.1) is 0 Å². The summed E-state index contributed by atoms with van der Waals surface area (Å²) in [6.45, 7) is 3.55. The summed E-state index contributed by atoms with van der Waals surface area (Å²) in [5.74, 6) is 1.02. The van der Waals surface area contributed by atoms with Crippen molar-refractivity contribution in [2.75, 3.05) is 19.6 Å². The van der Waals surface area contributed by atoms with Crippen molar-refractivity contribution in [3.63, 3.8) is 0 Å².